The van der Waals surface area contributed by atoms with Gasteiger partial charge in [-0.25, -0.2) is 0 Å². The van der Waals surface area contributed by atoms with Crippen LogP contribution in [0.5, 0.6) is 0 Å². The van der Waals surface area contributed by atoms with E-state index in [0.717, 1.165) is 31.0 Å². The molecule has 0 N–H and O–H groups in total. The van der Waals surface area contributed by atoms with Gasteiger partial charge in [-0.2, -0.15) is 0 Å². The van der Waals surface area contributed by atoms with E-state index in [1.165, 1.54) is 24.8 Å². The van der Waals surface area contributed by atoms with Crippen molar-refractivity contribution in [1.82, 2.24) is 4.90 Å². The second kappa shape index (κ2) is 6.38. The molecule has 2 aliphatic heterocycles. The fraction of sp³-hybridized carbons (Fsp3) is 0.625. The predicted octanol–water partition coefficient (Wildman–Crippen LogP) is 3.45. The average Bonchev–Trinajstić information content (AvgIpc) is 2.41. The van der Waals surface area contributed by atoms with E-state index in [2.05, 4.69) is 51.2 Å². The first-order valence-electron chi connectivity index (χ1n) is 7.30. The molecule has 2 fully saturated rings. The van der Waals surface area contributed by atoms with Crippen LogP contribution >= 0.6 is 15.9 Å². The summed E-state index contributed by atoms with van der Waals surface area (Å²) >= 11 is 3.59. The Morgan fingerprint density at radius 1 is 1.11 bits per heavy atom. The minimum absolute atomic E-state index is 0.622. The molecule has 0 saturated carbocycles. The summed E-state index contributed by atoms with van der Waals surface area (Å²) in [7, 11) is 0. The number of rotatable bonds is 4. The van der Waals surface area contributed by atoms with Crippen LogP contribution in [-0.2, 0) is 11.3 Å². The highest BCUT2D eigenvalue weighted by molar-refractivity contribution is 9.09. The third kappa shape index (κ3) is 3.21. The highest BCUT2D eigenvalue weighted by Gasteiger charge is 2.38. The summed E-state index contributed by atoms with van der Waals surface area (Å²) in [4.78, 5) is 2.68. The van der Waals surface area contributed by atoms with Gasteiger partial charge in [0, 0.05) is 24.0 Å². The van der Waals surface area contributed by atoms with E-state index in [1.807, 2.05) is 0 Å². The number of morpholine rings is 1. The van der Waals surface area contributed by atoms with E-state index in [0.29, 0.717) is 12.1 Å². The second-order valence-electron chi connectivity index (χ2n) is 5.82. The lowest BCUT2D eigenvalue weighted by molar-refractivity contribution is -0.0919. The SMILES string of the molecule is BrCCC1CC2COCC(C1)N2Cc1ccccc1. The number of fused-ring (bicyclic) bond motifs is 2. The lowest BCUT2D eigenvalue weighted by atomic mass is 9.83. The van der Waals surface area contributed by atoms with Crippen molar-refractivity contribution in [2.24, 2.45) is 5.92 Å². The van der Waals surface area contributed by atoms with Crippen LogP contribution in [0.3, 0.4) is 0 Å². The molecule has 0 aromatic heterocycles. The first-order chi connectivity index (χ1) is 9.36. The zero-order valence-electron chi connectivity index (χ0n) is 11.3. The number of hydrogen-bond acceptors (Lipinski definition) is 2. The third-order valence-corrected chi connectivity index (χ3v) is 4.95. The highest BCUT2D eigenvalue weighted by atomic mass is 79.9. The molecule has 2 aliphatic rings. The maximum atomic E-state index is 5.78. The summed E-state index contributed by atoms with van der Waals surface area (Å²) in [5, 5.41) is 1.14. The lowest BCUT2D eigenvalue weighted by Crippen LogP contribution is -2.56. The molecule has 19 heavy (non-hydrogen) atoms. The van der Waals surface area contributed by atoms with Gasteiger partial charge in [0.2, 0.25) is 0 Å². The van der Waals surface area contributed by atoms with Crippen LogP contribution in [-0.4, -0.2) is 35.5 Å². The van der Waals surface area contributed by atoms with E-state index >= 15 is 0 Å². The summed E-state index contributed by atoms with van der Waals surface area (Å²) in [5.74, 6) is 0.880. The molecule has 0 amide bonds. The van der Waals surface area contributed by atoms with Crippen molar-refractivity contribution in [2.75, 3.05) is 18.5 Å². The van der Waals surface area contributed by atoms with Crippen molar-refractivity contribution in [3.63, 3.8) is 0 Å². The molecule has 1 aromatic carbocycles. The van der Waals surface area contributed by atoms with Gasteiger partial charge in [-0.1, -0.05) is 46.3 Å². The van der Waals surface area contributed by atoms with Crippen LogP contribution < -0.4 is 0 Å². The predicted molar refractivity (Wildman–Crippen MR) is 81.5 cm³/mol. The normalized spacial score (nSPS) is 31.3. The summed E-state index contributed by atoms with van der Waals surface area (Å²) in [6, 6.07) is 12.1. The molecule has 0 spiro atoms. The molecule has 2 nitrogen and oxygen atoms in total. The topological polar surface area (TPSA) is 12.5 Å². The fourth-order valence-electron chi connectivity index (χ4n) is 3.54. The Morgan fingerprint density at radius 3 is 2.42 bits per heavy atom. The molecule has 2 atom stereocenters. The summed E-state index contributed by atoms with van der Waals surface area (Å²) in [6.45, 7) is 2.92. The number of benzene rings is 1. The molecule has 2 unspecified atom stereocenters. The van der Waals surface area contributed by atoms with Gasteiger partial charge >= 0.3 is 0 Å². The minimum atomic E-state index is 0.622. The number of hydrogen-bond donors (Lipinski definition) is 0. The van der Waals surface area contributed by atoms with Crippen LogP contribution in [0.1, 0.15) is 24.8 Å². The van der Waals surface area contributed by atoms with Gasteiger partial charge in [0.15, 0.2) is 0 Å². The smallest absolute Gasteiger partial charge is 0.0623 e. The van der Waals surface area contributed by atoms with E-state index in [9.17, 15) is 0 Å². The number of alkyl halides is 1. The van der Waals surface area contributed by atoms with Gasteiger partial charge in [-0.3, -0.25) is 4.90 Å². The maximum Gasteiger partial charge on any atom is 0.0623 e. The summed E-state index contributed by atoms with van der Waals surface area (Å²) < 4.78 is 5.78. The van der Waals surface area contributed by atoms with Crippen LogP contribution in [0.15, 0.2) is 30.3 Å². The Balaban J connectivity index is 1.68. The molecule has 1 aromatic rings. The summed E-state index contributed by atoms with van der Waals surface area (Å²) in [6.07, 6.45) is 3.91. The Morgan fingerprint density at radius 2 is 1.79 bits per heavy atom. The number of ether oxygens (including phenoxy) is 1. The van der Waals surface area contributed by atoms with Crippen LogP contribution in [0, 0.1) is 5.92 Å². The van der Waals surface area contributed by atoms with Gasteiger partial charge in [0.1, 0.15) is 0 Å². The van der Waals surface area contributed by atoms with Crippen molar-refractivity contribution in [1.29, 1.82) is 0 Å². The Labute approximate surface area is 124 Å². The number of piperidine rings is 1. The first kappa shape index (κ1) is 13.6. The monoisotopic (exact) mass is 323 g/mol. The molecule has 3 rings (SSSR count). The van der Waals surface area contributed by atoms with Gasteiger partial charge in [-0.05, 0) is 30.7 Å². The van der Waals surface area contributed by atoms with Crippen molar-refractivity contribution in [3.05, 3.63) is 35.9 Å². The van der Waals surface area contributed by atoms with Crippen molar-refractivity contribution in [2.45, 2.75) is 37.9 Å². The molecule has 2 saturated heterocycles. The Bertz CT molecular complexity index is 383. The zero-order chi connectivity index (χ0) is 13.1. The quantitative estimate of drug-likeness (QED) is 0.787. The zero-order valence-corrected chi connectivity index (χ0v) is 12.9. The Hall–Kier alpha value is -0.380. The van der Waals surface area contributed by atoms with Gasteiger partial charge in [0.25, 0.3) is 0 Å². The molecule has 0 aliphatic carbocycles. The van der Waals surface area contributed by atoms with Crippen LogP contribution in [0.2, 0.25) is 0 Å². The average molecular weight is 324 g/mol. The standard InChI is InChI=1S/C16H22BrNO/c17-7-6-14-8-15-11-19-12-16(9-14)18(15)10-13-4-2-1-3-5-13/h1-5,14-16H,6-12H2. The van der Waals surface area contributed by atoms with Crippen molar-refractivity contribution < 1.29 is 4.74 Å². The van der Waals surface area contributed by atoms with Gasteiger partial charge < -0.3 is 4.74 Å². The largest absolute Gasteiger partial charge is 0.378 e. The van der Waals surface area contributed by atoms with E-state index < -0.39 is 0 Å². The van der Waals surface area contributed by atoms with Gasteiger partial charge in [-0.15, -0.1) is 0 Å². The molecule has 2 heterocycles. The number of nitrogens with zero attached hydrogens (tertiary/aromatic N) is 1. The molecule has 2 bridgehead atoms. The molecule has 104 valence electrons. The molecular formula is C16H22BrNO. The van der Waals surface area contributed by atoms with Crippen molar-refractivity contribution in [3.8, 4) is 0 Å². The van der Waals surface area contributed by atoms with E-state index in [1.54, 1.807) is 0 Å². The van der Waals surface area contributed by atoms with Crippen LogP contribution in [0.25, 0.3) is 0 Å². The third-order valence-electron chi connectivity index (χ3n) is 4.49. The first-order valence-corrected chi connectivity index (χ1v) is 8.42. The maximum absolute atomic E-state index is 5.78. The van der Waals surface area contributed by atoms with Crippen LogP contribution in [0.4, 0.5) is 0 Å². The second-order valence-corrected chi connectivity index (χ2v) is 6.61. The van der Waals surface area contributed by atoms with E-state index in [4.69, 9.17) is 4.74 Å². The molecular weight excluding hydrogens is 302 g/mol. The summed E-state index contributed by atoms with van der Waals surface area (Å²) in [5.41, 5.74) is 1.43. The molecule has 3 heteroatoms. The molecule has 0 radical (unpaired) electrons. The van der Waals surface area contributed by atoms with E-state index in [-0.39, 0.29) is 0 Å². The Kier molecular flexibility index (Phi) is 4.57. The lowest BCUT2D eigenvalue weighted by Gasteiger charge is -2.48. The fourth-order valence-corrected chi connectivity index (χ4v) is 4.19. The minimum Gasteiger partial charge on any atom is -0.378 e. The van der Waals surface area contributed by atoms with Crippen molar-refractivity contribution >= 4 is 15.9 Å². The number of halogens is 1. The highest BCUT2D eigenvalue weighted by Crippen LogP contribution is 2.34. The van der Waals surface area contributed by atoms with Gasteiger partial charge in [0.05, 0.1) is 13.2 Å².